The number of aromatic hydroxyl groups is 3. The fourth-order valence-corrected chi connectivity index (χ4v) is 12.2. The number of methoxy groups -OCH3 is 1. The van der Waals surface area contributed by atoms with Gasteiger partial charge in [-0.15, -0.1) is 0 Å². The predicted molar refractivity (Wildman–Crippen MR) is 363 cm³/mol. The fourth-order valence-electron chi connectivity index (χ4n) is 12.2. The van der Waals surface area contributed by atoms with E-state index in [2.05, 4.69) is 39.0 Å². The first-order chi connectivity index (χ1) is 44.6. The number of aliphatic hydroxyl groups excluding tert-OH is 2. The number of fused-ring (bicyclic) bond motifs is 14. The summed E-state index contributed by atoms with van der Waals surface area (Å²) in [6.45, 7) is 31.6. The third-order valence-corrected chi connectivity index (χ3v) is 18.5. The average molecular weight is 1310 g/mol. The lowest BCUT2D eigenvalue weighted by atomic mass is 9.78. The van der Waals surface area contributed by atoms with Crippen LogP contribution in [0.15, 0.2) is 41.2 Å². The third-order valence-electron chi connectivity index (χ3n) is 18.5. The largest absolute Gasteiger partial charge is 0.507 e. The molecule has 1 amide bonds. The highest BCUT2D eigenvalue weighted by atomic mass is 16.7. The van der Waals surface area contributed by atoms with E-state index >= 15 is 0 Å². The molecule has 2 aromatic rings. The Morgan fingerprint density at radius 3 is 1.73 bits per heavy atom. The van der Waals surface area contributed by atoms with Crippen LogP contribution in [0.25, 0.3) is 10.8 Å². The van der Waals surface area contributed by atoms with Crippen molar-refractivity contribution in [3.63, 3.8) is 0 Å². The number of benzene rings is 2. The van der Waals surface area contributed by atoms with E-state index in [9.17, 15) is 39.9 Å². The predicted octanol–water partition coefficient (Wildman–Crippen LogP) is 9.73. The molecule has 5 heterocycles. The van der Waals surface area contributed by atoms with Crippen molar-refractivity contribution in [3.8, 4) is 23.0 Å². The van der Waals surface area contributed by atoms with Gasteiger partial charge in [0, 0.05) is 114 Å². The maximum Gasteiger partial charge on any atom is 0.312 e. The van der Waals surface area contributed by atoms with E-state index in [0.717, 1.165) is 78.8 Å². The van der Waals surface area contributed by atoms with E-state index in [4.69, 9.17) is 37.9 Å². The minimum atomic E-state index is -2.04. The van der Waals surface area contributed by atoms with Gasteiger partial charge in [-0.3, -0.25) is 29.2 Å². The molecule has 6 N–H and O–H groups in total. The molecule has 5 aliphatic heterocycles. The highest BCUT2D eigenvalue weighted by molar-refractivity contribution is 6.24. The Morgan fingerprint density at radius 1 is 0.688 bits per heavy atom. The number of nitrogens with zero attached hydrogens (tertiary/aromatic N) is 5. The number of anilines is 1. The molecule has 526 valence electrons. The van der Waals surface area contributed by atoms with Crippen molar-refractivity contribution in [2.24, 2.45) is 28.8 Å². The molecule has 2 fully saturated rings. The normalized spacial score (nSPS) is 27.5. The quantitative estimate of drug-likeness (QED) is 0.0267. The Bertz CT molecular complexity index is 2680. The van der Waals surface area contributed by atoms with Crippen molar-refractivity contribution in [3.05, 3.63) is 52.8 Å². The number of hydrazone groups is 1. The smallest absolute Gasteiger partial charge is 0.312 e. The molecule has 0 aliphatic carbocycles. The summed E-state index contributed by atoms with van der Waals surface area (Å²) in [5.41, 5.74) is -0.350. The number of unbranched alkanes of at least 4 members (excludes halogenated alkanes) is 10. The van der Waals surface area contributed by atoms with Gasteiger partial charge >= 0.3 is 11.8 Å². The highest BCUT2D eigenvalue weighted by Crippen LogP contribution is 2.55. The van der Waals surface area contributed by atoms with Crippen molar-refractivity contribution in [2.45, 2.75) is 176 Å². The van der Waals surface area contributed by atoms with E-state index in [1.165, 1.54) is 136 Å². The maximum absolute atomic E-state index is 14.4. The lowest BCUT2D eigenvalue weighted by Crippen LogP contribution is -2.46. The second-order valence-electron chi connectivity index (χ2n) is 25.8. The van der Waals surface area contributed by atoms with Gasteiger partial charge in [0.25, 0.3) is 11.7 Å². The van der Waals surface area contributed by atoms with Crippen molar-refractivity contribution < 1.29 is 77.8 Å². The number of allylic oxidation sites excluding steroid dienone is 2. The van der Waals surface area contributed by atoms with Crippen LogP contribution in [-0.4, -0.2) is 232 Å². The second-order valence-corrected chi connectivity index (χ2v) is 25.8. The molecular weight excluding hydrogens is 1190 g/mol. The number of aliphatic hydroxyl groups is 2. The maximum atomic E-state index is 14.4. The fraction of sp³-hybridized carbons (Fsp3) is 0.718. The molecule has 22 heteroatoms. The molecular formula is C71H116N6O16. The molecule has 22 nitrogen and oxygen atoms in total. The molecule has 0 saturated carbocycles. The Morgan fingerprint density at radius 2 is 1.22 bits per heavy atom. The Hall–Kier alpha value is -5.40. The number of Topliss-reactive ketones (excluding diaryl/α,β-unsaturated/α-hetero) is 1. The van der Waals surface area contributed by atoms with Crippen molar-refractivity contribution in [1.29, 1.82) is 0 Å². The summed E-state index contributed by atoms with van der Waals surface area (Å²) in [6.07, 6.45) is 20.9. The van der Waals surface area contributed by atoms with Crippen LogP contribution in [0.5, 0.6) is 23.0 Å². The minimum absolute atomic E-state index is 0.0559. The summed E-state index contributed by atoms with van der Waals surface area (Å²) in [7, 11) is 3.42. The number of rotatable bonds is 18. The zero-order chi connectivity index (χ0) is 68.0. The van der Waals surface area contributed by atoms with Crippen LogP contribution in [-0.2, 0) is 42.7 Å². The molecule has 5 bridgehead atoms. The number of likely N-dealkylation sites (N-methyl/N-ethyl adjacent to an activating group) is 1. The number of piperazine rings is 1. The summed E-state index contributed by atoms with van der Waals surface area (Å²) in [4.78, 5) is 47.6. The van der Waals surface area contributed by atoms with E-state index in [1.54, 1.807) is 44.9 Å². The number of nitrogens with one attached hydrogen (secondary N) is 1. The molecule has 0 unspecified atom stereocenters. The topological polar surface area (TPSA) is 264 Å². The number of ether oxygens (including phenoxy) is 8. The highest BCUT2D eigenvalue weighted by Gasteiger charge is 2.50. The van der Waals surface area contributed by atoms with Crippen molar-refractivity contribution >= 4 is 40.3 Å². The van der Waals surface area contributed by atoms with Crippen LogP contribution in [0.1, 0.15) is 161 Å². The van der Waals surface area contributed by atoms with Crippen LogP contribution in [0.2, 0.25) is 0 Å². The number of ketones is 1. The Balaban J connectivity index is 0.000000393. The first-order valence-electron chi connectivity index (χ1n) is 34.4. The minimum Gasteiger partial charge on any atom is -0.507 e. The summed E-state index contributed by atoms with van der Waals surface area (Å²) in [5, 5.41) is 66.8. The number of esters is 1. The molecule has 7 rings (SSSR count). The van der Waals surface area contributed by atoms with Gasteiger partial charge < -0.3 is 73.6 Å². The molecule has 93 heavy (non-hydrogen) atoms. The van der Waals surface area contributed by atoms with Crippen molar-refractivity contribution in [2.75, 3.05) is 138 Å². The second kappa shape index (κ2) is 40.9. The first-order valence-corrected chi connectivity index (χ1v) is 34.4. The van der Waals surface area contributed by atoms with Crippen LogP contribution in [0.4, 0.5) is 5.69 Å². The van der Waals surface area contributed by atoms with Gasteiger partial charge in [0.15, 0.2) is 5.75 Å². The van der Waals surface area contributed by atoms with Crippen LogP contribution < -0.4 is 10.1 Å². The molecule has 5 aliphatic rings. The zero-order valence-electron chi connectivity index (χ0n) is 58.3. The Labute approximate surface area is 554 Å². The number of carbonyl (C=O) groups excluding carboxylic acids is 3. The number of hydrogen-bond acceptors (Lipinski definition) is 21. The van der Waals surface area contributed by atoms with Gasteiger partial charge in [-0.1, -0.05) is 124 Å². The van der Waals surface area contributed by atoms with Gasteiger partial charge in [-0.2, -0.15) is 5.10 Å². The monoisotopic (exact) mass is 1310 g/mol. The van der Waals surface area contributed by atoms with E-state index in [1.807, 2.05) is 7.05 Å². The SMILES string of the molecule is CCCCCCCCN1CCOCCOCCN(CCCCCCCC)CCOCCOCC1.CO[C@H]1/C=C/O[C@@]2(C)Oc3c(C)c(O)c4c(O)c(c(/C=N/N5CCN(C)CC5)c(O)c4c3C2=O)NC(=O)/C(C)=C\C=C\[C@H](C)[C@H](O)[C@@H](C)[C@@H](O)[C@@H](C)[C@H](OC(C)=O)[C@@H]1C. The van der Waals surface area contributed by atoms with Gasteiger partial charge in [-0.25, -0.2) is 0 Å². The third kappa shape index (κ3) is 23.7. The molecule has 0 spiro atoms. The Kier molecular flexibility index (Phi) is 34.4. The molecule has 9 atom stereocenters. The summed E-state index contributed by atoms with van der Waals surface area (Å²) >= 11 is 0. The van der Waals surface area contributed by atoms with Gasteiger partial charge in [0.2, 0.25) is 0 Å². The first kappa shape index (κ1) is 78.3. The van der Waals surface area contributed by atoms with E-state index in [-0.39, 0.29) is 44.5 Å². The molecule has 0 radical (unpaired) electrons. The number of amides is 1. The molecule has 2 aromatic carbocycles. The van der Waals surface area contributed by atoms with Crippen LogP contribution in [0.3, 0.4) is 0 Å². The summed E-state index contributed by atoms with van der Waals surface area (Å²) < 4.78 is 47.1. The van der Waals surface area contributed by atoms with Gasteiger partial charge in [0.05, 0.1) is 106 Å². The number of phenolic OH excluding ortho intramolecular Hbond substituents is 3. The summed E-state index contributed by atoms with van der Waals surface area (Å²) in [5.74, 6) is -8.34. The lowest BCUT2D eigenvalue weighted by Gasteiger charge is -2.38. The van der Waals surface area contributed by atoms with Gasteiger partial charge in [0.1, 0.15) is 23.4 Å². The van der Waals surface area contributed by atoms with E-state index < -0.39 is 88.8 Å². The van der Waals surface area contributed by atoms with Gasteiger partial charge in [-0.05, 0) is 52.9 Å². The standard InChI is InChI=1S/C43H58N4O12.C28H58N2O4/c1-21-12-11-13-22(2)42(55)45-33-28(20-44-47-17-15-46(9)16-18-47)37(52)30-31(38(33)53)36(51)26(6)40-32(30)41(54)43(8,59-40)57-19-14-29(56-10)23(3)39(58-27(7)48)25(5)35(50)24(4)34(21)49;1-3-5-7-9-11-13-15-29-17-21-31-25-27-33-23-19-30(16-14-12-10-8-6-4-2)20-24-34-28-26-32-22-18-29/h11-14,19-21,23-25,29,34-35,39,49-53H,15-18H2,1-10H3,(H,45,55);3-28H2,1-2H3/b12-11+,19-14+,22-13-,44-20+;/t21-,23+,24+,25+,29-,34-,35+,39+,43-;/m0./s1. The molecule has 0 aromatic heterocycles. The average Bonchev–Trinajstić information content (AvgIpc) is 1.64. The van der Waals surface area contributed by atoms with Crippen LogP contribution in [0, 0.1) is 30.6 Å². The van der Waals surface area contributed by atoms with Crippen LogP contribution >= 0.6 is 0 Å². The zero-order valence-corrected chi connectivity index (χ0v) is 58.3. The molecule has 2 saturated heterocycles. The lowest BCUT2D eigenvalue weighted by molar-refractivity contribution is -0.160. The number of phenols is 3. The number of hydrogen-bond donors (Lipinski definition) is 6. The van der Waals surface area contributed by atoms with Crippen molar-refractivity contribution in [1.82, 2.24) is 19.7 Å². The number of carbonyl (C=O) groups is 3. The van der Waals surface area contributed by atoms with E-state index in [0.29, 0.717) is 39.5 Å². The summed E-state index contributed by atoms with van der Waals surface area (Å²) in [6, 6.07) is 0.